The molecule has 1 aromatic carbocycles. The van der Waals surface area contributed by atoms with E-state index in [2.05, 4.69) is 15.6 Å². The maximum atomic E-state index is 13.0. The summed E-state index contributed by atoms with van der Waals surface area (Å²) in [6, 6.07) is 4.60. The highest BCUT2D eigenvalue weighted by atomic mass is 127. The summed E-state index contributed by atoms with van der Waals surface area (Å²) in [5.74, 6) is 0.413. The average molecular weight is 444 g/mol. The van der Waals surface area contributed by atoms with Crippen LogP contribution in [0.2, 0.25) is 5.02 Å². The molecular formula is C15H24ClFIN3O. The molecule has 0 aromatic heterocycles. The molecule has 0 saturated carbocycles. The van der Waals surface area contributed by atoms with Crippen LogP contribution in [0.4, 0.5) is 4.39 Å². The number of methoxy groups -OCH3 is 1. The van der Waals surface area contributed by atoms with Gasteiger partial charge in [-0.05, 0) is 38.0 Å². The van der Waals surface area contributed by atoms with Gasteiger partial charge in [-0.1, -0.05) is 17.7 Å². The fraction of sp³-hybridized carbons (Fsp3) is 0.533. The summed E-state index contributed by atoms with van der Waals surface area (Å²) in [6.07, 6.45) is 0.661. The molecule has 1 atom stereocenters. The van der Waals surface area contributed by atoms with E-state index in [1.807, 2.05) is 13.8 Å². The predicted octanol–water partition coefficient (Wildman–Crippen LogP) is 3.23. The molecule has 0 spiro atoms. The van der Waals surface area contributed by atoms with Gasteiger partial charge >= 0.3 is 0 Å². The van der Waals surface area contributed by atoms with Crippen molar-refractivity contribution in [3.8, 4) is 0 Å². The summed E-state index contributed by atoms with van der Waals surface area (Å²) in [5.41, 5.74) is 0.891. The van der Waals surface area contributed by atoms with Crippen molar-refractivity contribution in [3.63, 3.8) is 0 Å². The Morgan fingerprint density at radius 2 is 2.18 bits per heavy atom. The minimum Gasteiger partial charge on any atom is -0.383 e. The molecule has 1 unspecified atom stereocenters. The van der Waals surface area contributed by atoms with Crippen molar-refractivity contribution < 1.29 is 9.13 Å². The third-order valence-electron chi connectivity index (χ3n) is 2.81. The molecule has 2 N–H and O–H groups in total. The molecule has 0 bridgehead atoms. The Bertz CT molecular complexity index is 474. The lowest BCUT2D eigenvalue weighted by molar-refractivity contribution is 0.179. The van der Waals surface area contributed by atoms with Gasteiger partial charge in [-0.3, -0.25) is 4.99 Å². The van der Waals surface area contributed by atoms with Crippen molar-refractivity contribution >= 4 is 41.5 Å². The van der Waals surface area contributed by atoms with Crippen molar-refractivity contribution in [2.75, 3.05) is 26.8 Å². The first kappa shape index (κ1) is 21.4. The van der Waals surface area contributed by atoms with Crippen LogP contribution in [0.1, 0.15) is 19.4 Å². The molecule has 0 amide bonds. The maximum Gasteiger partial charge on any atom is 0.191 e. The number of halogens is 3. The van der Waals surface area contributed by atoms with Crippen LogP contribution in [0.25, 0.3) is 0 Å². The number of ether oxygens (including phenoxy) is 1. The molecule has 4 nitrogen and oxygen atoms in total. The van der Waals surface area contributed by atoms with Crippen molar-refractivity contribution in [1.82, 2.24) is 10.6 Å². The van der Waals surface area contributed by atoms with Crippen LogP contribution < -0.4 is 10.6 Å². The molecule has 1 rings (SSSR count). The number of nitrogens with zero attached hydrogens (tertiary/aromatic N) is 1. The van der Waals surface area contributed by atoms with Crippen molar-refractivity contribution in [2.24, 2.45) is 4.99 Å². The minimum absolute atomic E-state index is 0. The Morgan fingerprint density at radius 1 is 1.45 bits per heavy atom. The number of hydrogen-bond donors (Lipinski definition) is 2. The lowest BCUT2D eigenvalue weighted by Crippen LogP contribution is -2.44. The summed E-state index contributed by atoms with van der Waals surface area (Å²) in [6.45, 7) is 5.99. The molecule has 1 aromatic rings. The van der Waals surface area contributed by atoms with Crippen molar-refractivity contribution in [3.05, 3.63) is 34.6 Å². The highest BCUT2D eigenvalue weighted by Gasteiger charge is 2.05. The van der Waals surface area contributed by atoms with Crippen LogP contribution >= 0.6 is 35.6 Å². The van der Waals surface area contributed by atoms with Crippen LogP contribution in [0.3, 0.4) is 0 Å². The van der Waals surface area contributed by atoms with Crippen LogP contribution in [-0.2, 0) is 11.2 Å². The van der Waals surface area contributed by atoms with E-state index in [-0.39, 0.29) is 35.8 Å². The first-order valence-electron chi connectivity index (χ1n) is 7.04. The molecule has 0 aliphatic rings. The number of benzene rings is 1. The zero-order chi connectivity index (χ0) is 15.7. The zero-order valence-corrected chi connectivity index (χ0v) is 16.2. The summed E-state index contributed by atoms with van der Waals surface area (Å²) in [7, 11) is 1.67. The van der Waals surface area contributed by atoms with Gasteiger partial charge < -0.3 is 15.4 Å². The predicted molar refractivity (Wildman–Crippen MR) is 101 cm³/mol. The normalized spacial score (nSPS) is 12.5. The SMILES string of the molecule is CCNC(=NCCc1ccc(F)cc1Cl)NC(C)COC.I. The van der Waals surface area contributed by atoms with E-state index in [1.165, 1.54) is 12.1 Å². The van der Waals surface area contributed by atoms with Crippen LogP contribution in [-0.4, -0.2) is 38.8 Å². The number of nitrogens with one attached hydrogen (secondary N) is 2. The van der Waals surface area contributed by atoms with E-state index >= 15 is 0 Å². The highest BCUT2D eigenvalue weighted by molar-refractivity contribution is 14.0. The van der Waals surface area contributed by atoms with Gasteiger partial charge in [0.2, 0.25) is 0 Å². The first-order chi connectivity index (χ1) is 10.1. The summed E-state index contributed by atoms with van der Waals surface area (Å²) in [4.78, 5) is 4.48. The second kappa shape index (κ2) is 11.9. The molecule has 22 heavy (non-hydrogen) atoms. The van der Waals surface area contributed by atoms with Gasteiger partial charge in [-0.2, -0.15) is 0 Å². The summed E-state index contributed by atoms with van der Waals surface area (Å²) >= 11 is 6.00. The van der Waals surface area contributed by atoms with Gasteiger partial charge in [0.15, 0.2) is 5.96 Å². The van der Waals surface area contributed by atoms with E-state index in [0.29, 0.717) is 24.6 Å². The van der Waals surface area contributed by atoms with E-state index < -0.39 is 0 Å². The van der Waals surface area contributed by atoms with Crippen molar-refractivity contribution in [1.29, 1.82) is 0 Å². The third-order valence-corrected chi connectivity index (χ3v) is 3.16. The Balaban J connectivity index is 0.00000441. The number of aliphatic imine (C=N–C) groups is 1. The number of rotatable bonds is 7. The molecule has 126 valence electrons. The van der Waals surface area contributed by atoms with Gasteiger partial charge in [0, 0.05) is 31.3 Å². The smallest absolute Gasteiger partial charge is 0.191 e. The average Bonchev–Trinajstić information content (AvgIpc) is 2.41. The Hall–Kier alpha value is -0.600. The monoisotopic (exact) mass is 443 g/mol. The molecule has 0 aliphatic carbocycles. The fourth-order valence-corrected chi connectivity index (χ4v) is 2.12. The summed E-state index contributed by atoms with van der Waals surface area (Å²) < 4.78 is 18.1. The fourth-order valence-electron chi connectivity index (χ4n) is 1.86. The molecule has 0 saturated heterocycles. The molecule has 0 fully saturated rings. The topological polar surface area (TPSA) is 45.7 Å². The van der Waals surface area contributed by atoms with E-state index in [0.717, 1.165) is 18.1 Å². The lowest BCUT2D eigenvalue weighted by Gasteiger charge is -2.17. The van der Waals surface area contributed by atoms with Gasteiger partial charge in [-0.25, -0.2) is 4.39 Å². The van der Waals surface area contributed by atoms with Gasteiger partial charge in [0.1, 0.15) is 5.82 Å². The van der Waals surface area contributed by atoms with Gasteiger partial charge in [0.25, 0.3) is 0 Å². The molecule has 0 aliphatic heterocycles. The summed E-state index contributed by atoms with van der Waals surface area (Å²) in [5, 5.41) is 6.86. The lowest BCUT2D eigenvalue weighted by atomic mass is 10.1. The Morgan fingerprint density at radius 3 is 2.77 bits per heavy atom. The van der Waals surface area contributed by atoms with Crippen molar-refractivity contribution in [2.45, 2.75) is 26.3 Å². The second-order valence-electron chi connectivity index (χ2n) is 4.75. The first-order valence-corrected chi connectivity index (χ1v) is 7.42. The Labute approximate surface area is 153 Å². The maximum absolute atomic E-state index is 13.0. The number of guanidine groups is 1. The largest absolute Gasteiger partial charge is 0.383 e. The quantitative estimate of drug-likeness (QED) is 0.386. The molecule has 7 heteroatoms. The van der Waals surface area contributed by atoms with E-state index in [1.54, 1.807) is 13.2 Å². The molecule has 0 radical (unpaired) electrons. The standard InChI is InChI=1S/C15H23ClFN3O.HI/c1-4-18-15(20-11(2)10-21-3)19-8-7-12-5-6-13(17)9-14(12)16;/h5-6,9,11H,4,7-8,10H2,1-3H3,(H2,18,19,20);1H. The highest BCUT2D eigenvalue weighted by Crippen LogP contribution is 2.17. The van der Waals surface area contributed by atoms with E-state index in [4.69, 9.17) is 16.3 Å². The van der Waals surface area contributed by atoms with E-state index in [9.17, 15) is 4.39 Å². The Kier molecular flexibility index (Phi) is 11.6. The zero-order valence-electron chi connectivity index (χ0n) is 13.2. The minimum atomic E-state index is -0.323. The third kappa shape index (κ3) is 8.14. The molecular weight excluding hydrogens is 420 g/mol. The number of hydrogen-bond acceptors (Lipinski definition) is 2. The second-order valence-corrected chi connectivity index (χ2v) is 5.15. The van der Waals surface area contributed by atoms with Crippen LogP contribution in [0.15, 0.2) is 23.2 Å². The van der Waals surface area contributed by atoms with Gasteiger partial charge in [0.05, 0.1) is 6.61 Å². The van der Waals surface area contributed by atoms with Gasteiger partial charge in [-0.15, -0.1) is 24.0 Å². The molecule has 0 heterocycles. The van der Waals surface area contributed by atoms with Crippen LogP contribution in [0.5, 0.6) is 0 Å². The van der Waals surface area contributed by atoms with Crippen LogP contribution in [0, 0.1) is 5.82 Å².